The Morgan fingerprint density at radius 2 is 1.83 bits per heavy atom. The van der Waals surface area contributed by atoms with Crippen molar-refractivity contribution in [3.05, 3.63) is 53.1 Å². The molecular weight excluding hydrogens is 429 g/mol. The molecule has 0 atom stereocenters. The number of benzene rings is 2. The van der Waals surface area contributed by atoms with Crippen LogP contribution in [-0.2, 0) is 11.0 Å². The molecule has 3 rings (SSSR count). The highest BCUT2D eigenvalue weighted by molar-refractivity contribution is 7.99. The van der Waals surface area contributed by atoms with E-state index < -0.39 is 24.3 Å². The molecule has 0 unspecified atom stereocenters. The molecule has 0 saturated heterocycles. The number of thioether (sulfide) groups is 1. The molecule has 0 radical (unpaired) electrons. The first-order valence-corrected chi connectivity index (χ1v) is 10.1. The van der Waals surface area contributed by atoms with Crippen LogP contribution < -0.4 is 9.47 Å². The zero-order chi connectivity index (χ0) is 21.1. The molecule has 1 aliphatic carbocycles. The number of aliphatic carboxylic acids is 1. The van der Waals surface area contributed by atoms with Gasteiger partial charge in [-0.15, -0.1) is 11.8 Å². The minimum atomic E-state index is -4.36. The predicted octanol–water partition coefficient (Wildman–Crippen LogP) is 5.77. The van der Waals surface area contributed by atoms with Gasteiger partial charge in [0.25, 0.3) is 0 Å². The van der Waals surface area contributed by atoms with Crippen LogP contribution in [0.4, 0.5) is 13.2 Å². The van der Waals surface area contributed by atoms with Gasteiger partial charge in [0, 0.05) is 16.1 Å². The Morgan fingerprint density at radius 1 is 1.14 bits per heavy atom. The molecule has 4 nitrogen and oxygen atoms in total. The fraction of sp³-hybridized carbons (Fsp3) is 0.350. The molecule has 9 heteroatoms. The third kappa shape index (κ3) is 6.21. The topological polar surface area (TPSA) is 55.8 Å². The fourth-order valence-corrected chi connectivity index (χ4v) is 4.06. The number of hydrogen-bond donors (Lipinski definition) is 1. The third-order valence-corrected chi connectivity index (χ3v) is 6.12. The van der Waals surface area contributed by atoms with Crippen LogP contribution in [0.15, 0.2) is 47.4 Å². The van der Waals surface area contributed by atoms with Gasteiger partial charge in [-0.1, -0.05) is 11.6 Å². The van der Waals surface area contributed by atoms with Crippen LogP contribution in [0.1, 0.15) is 18.4 Å². The minimum Gasteiger partial charge on any atom is -0.493 e. The van der Waals surface area contributed by atoms with E-state index in [4.69, 9.17) is 26.2 Å². The van der Waals surface area contributed by atoms with Gasteiger partial charge >= 0.3 is 12.1 Å². The van der Waals surface area contributed by atoms with E-state index in [1.807, 2.05) is 0 Å². The first-order chi connectivity index (χ1) is 13.7. The quantitative estimate of drug-likeness (QED) is 0.495. The summed E-state index contributed by atoms with van der Waals surface area (Å²) in [5.74, 6) is 0.421. The molecule has 2 aromatic carbocycles. The molecule has 1 saturated carbocycles. The number of carboxylic acid groups (broad SMARTS) is 1. The molecule has 1 N–H and O–H groups in total. The minimum absolute atomic E-state index is 0.0156. The van der Waals surface area contributed by atoms with Crippen molar-refractivity contribution >= 4 is 29.3 Å². The van der Waals surface area contributed by atoms with Crippen LogP contribution in [0, 0.1) is 5.41 Å². The highest BCUT2D eigenvalue weighted by atomic mass is 35.5. The van der Waals surface area contributed by atoms with Gasteiger partial charge in [0.2, 0.25) is 0 Å². The SMILES string of the molecule is O=C(O)COc1ccc(SCC2(COc3ccc(C(F)(F)F)cc3)CC2)cc1Cl. The van der Waals surface area contributed by atoms with E-state index in [0.29, 0.717) is 23.1 Å². The maximum Gasteiger partial charge on any atom is 0.416 e. The molecule has 0 aliphatic heterocycles. The standard InChI is InChI=1S/C20H18ClF3O4S/c21-16-9-15(5-6-17(16)27-10-18(25)26)29-12-19(7-8-19)11-28-14-3-1-13(2-4-14)20(22,23)24/h1-6,9H,7-8,10-12H2,(H,25,26). The van der Waals surface area contributed by atoms with E-state index in [1.54, 1.807) is 30.0 Å². The van der Waals surface area contributed by atoms with Crippen molar-refractivity contribution in [1.82, 2.24) is 0 Å². The van der Waals surface area contributed by atoms with Crippen molar-refractivity contribution in [1.29, 1.82) is 0 Å². The van der Waals surface area contributed by atoms with Gasteiger partial charge in [-0.25, -0.2) is 4.79 Å². The van der Waals surface area contributed by atoms with Gasteiger partial charge in [-0.2, -0.15) is 13.2 Å². The Bertz CT molecular complexity index is 867. The number of alkyl halides is 3. The lowest BCUT2D eigenvalue weighted by Crippen LogP contribution is -2.16. The van der Waals surface area contributed by atoms with E-state index >= 15 is 0 Å². The highest BCUT2D eigenvalue weighted by Gasteiger charge is 2.43. The Labute approximate surface area is 175 Å². The van der Waals surface area contributed by atoms with Crippen LogP contribution >= 0.6 is 23.4 Å². The Balaban J connectivity index is 1.50. The van der Waals surface area contributed by atoms with Crippen LogP contribution in [-0.4, -0.2) is 30.0 Å². The molecule has 1 aliphatic rings. The summed E-state index contributed by atoms with van der Waals surface area (Å²) in [5.41, 5.74) is -0.715. The average Bonchev–Trinajstić information content (AvgIpc) is 3.44. The smallest absolute Gasteiger partial charge is 0.416 e. The highest BCUT2D eigenvalue weighted by Crippen LogP contribution is 2.49. The van der Waals surface area contributed by atoms with E-state index in [9.17, 15) is 18.0 Å². The number of carbonyl (C=O) groups is 1. The lowest BCUT2D eigenvalue weighted by molar-refractivity contribution is -0.139. The second-order valence-corrected chi connectivity index (χ2v) is 8.33. The molecule has 156 valence electrons. The Kier molecular flexibility index (Phi) is 6.53. The first-order valence-electron chi connectivity index (χ1n) is 8.74. The molecule has 0 bridgehead atoms. The second-order valence-electron chi connectivity index (χ2n) is 6.87. The van der Waals surface area contributed by atoms with E-state index in [-0.39, 0.29) is 5.41 Å². The maximum atomic E-state index is 12.6. The van der Waals surface area contributed by atoms with Gasteiger partial charge < -0.3 is 14.6 Å². The number of rotatable bonds is 9. The lowest BCUT2D eigenvalue weighted by atomic mass is 10.1. The normalized spacial score (nSPS) is 15.0. The summed E-state index contributed by atoms with van der Waals surface area (Å²) in [6, 6.07) is 9.85. The zero-order valence-corrected chi connectivity index (χ0v) is 16.7. The molecule has 0 spiro atoms. The molecule has 2 aromatic rings. The summed E-state index contributed by atoms with van der Waals surface area (Å²) >= 11 is 7.72. The molecule has 29 heavy (non-hydrogen) atoms. The molecular formula is C20H18ClF3O4S. The monoisotopic (exact) mass is 446 g/mol. The summed E-state index contributed by atoms with van der Waals surface area (Å²) in [7, 11) is 0. The summed E-state index contributed by atoms with van der Waals surface area (Å²) in [5, 5.41) is 8.98. The zero-order valence-electron chi connectivity index (χ0n) is 15.2. The largest absolute Gasteiger partial charge is 0.493 e. The van der Waals surface area contributed by atoms with Crippen molar-refractivity contribution in [3.8, 4) is 11.5 Å². The van der Waals surface area contributed by atoms with E-state index in [0.717, 1.165) is 35.6 Å². The predicted molar refractivity (Wildman–Crippen MR) is 104 cm³/mol. The van der Waals surface area contributed by atoms with Gasteiger partial charge in [-0.05, 0) is 55.3 Å². The van der Waals surface area contributed by atoms with Crippen LogP contribution in [0.25, 0.3) is 0 Å². The Morgan fingerprint density at radius 3 is 2.38 bits per heavy atom. The number of halogens is 4. The number of carboxylic acids is 1. The summed E-state index contributed by atoms with van der Waals surface area (Å²) in [6.45, 7) is -0.0322. The lowest BCUT2D eigenvalue weighted by Gasteiger charge is -2.17. The van der Waals surface area contributed by atoms with Crippen LogP contribution in [0.5, 0.6) is 11.5 Å². The molecule has 0 heterocycles. The summed E-state index contributed by atoms with van der Waals surface area (Å²) < 4.78 is 48.6. The van der Waals surface area contributed by atoms with E-state index in [1.165, 1.54) is 12.1 Å². The molecule has 0 amide bonds. The van der Waals surface area contributed by atoms with Gasteiger partial charge in [-0.3, -0.25) is 0 Å². The van der Waals surface area contributed by atoms with E-state index in [2.05, 4.69) is 0 Å². The number of ether oxygens (including phenoxy) is 2. The third-order valence-electron chi connectivity index (χ3n) is 4.48. The van der Waals surface area contributed by atoms with Gasteiger partial charge in [0.15, 0.2) is 6.61 Å². The Hall–Kier alpha value is -2.06. The van der Waals surface area contributed by atoms with Gasteiger partial charge in [0.1, 0.15) is 11.5 Å². The van der Waals surface area contributed by atoms with Crippen molar-refractivity contribution in [2.24, 2.45) is 5.41 Å². The number of hydrogen-bond acceptors (Lipinski definition) is 4. The van der Waals surface area contributed by atoms with Crippen molar-refractivity contribution in [2.45, 2.75) is 23.9 Å². The fourth-order valence-electron chi connectivity index (χ4n) is 2.55. The summed E-state index contributed by atoms with van der Waals surface area (Å²) in [4.78, 5) is 11.5. The molecule has 1 fully saturated rings. The first kappa shape index (κ1) is 21.6. The maximum absolute atomic E-state index is 12.6. The van der Waals surface area contributed by atoms with Crippen LogP contribution in [0.2, 0.25) is 5.02 Å². The molecule has 0 aromatic heterocycles. The second kappa shape index (κ2) is 8.75. The van der Waals surface area contributed by atoms with Crippen molar-refractivity contribution < 1.29 is 32.5 Å². The van der Waals surface area contributed by atoms with Crippen molar-refractivity contribution in [2.75, 3.05) is 19.0 Å². The van der Waals surface area contributed by atoms with Gasteiger partial charge in [0.05, 0.1) is 17.2 Å². The summed E-state index contributed by atoms with van der Waals surface area (Å²) in [6.07, 6.45) is -2.40. The van der Waals surface area contributed by atoms with Crippen molar-refractivity contribution in [3.63, 3.8) is 0 Å². The average molecular weight is 447 g/mol. The van der Waals surface area contributed by atoms with Crippen LogP contribution in [0.3, 0.4) is 0 Å².